The maximum absolute atomic E-state index is 6.48. The predicted molar refractivity (Wildman–Crippen MR) is 157 cm³/mol. The molecule has 0 N–H and O–H groups in total. The van der Waals surface area contributed by atoms with Crippen LogP contribution in [0, 0.1) is 0 Å². The molecule has 8 aromatic rings. The van der Waals surface area contributed by atoms with Crippen LogP contribution >= 0.6 is 0 Å². The first-order valence-corrected chi connectivity index (χ1v) is 13.1. The average Bonchev–Trinajstić information content (AvgIpc) is 3.63. The Morgan fingerprint density at radius 2 is 1.23 bits per heavy atom. The number of fused-ring (bicyclic) bond motifs is 12. The van der Waals surface area contributed by atoms with Crippen LogP contribution in [0.25, 0.3) is 54.8 Å². The summed E-state index contributed by atoms with van der Waals surface area (Å²) in [5.74, 6) is 1.52. The fourth-order valence-corrected chi connectivity index (χ4v) is 5.95. The molecule has 0 amide bonds. The minimum atomic E-state index is -0.00115. The van der Waals surface area contributed by atoms with E-state index in [0.717, 1.165) is 55.5 Å². The van der Waals surface area contributed by atoms with Crippen molar-refractivity contribution in [1.29, 1.82) is 0 Å². The molecule has 6 heteroatoms. The van der Waals surface area contributed by atoms with Gasteiger partial charge >= 0.3 is 0 Å². The summed E-state index contributed by atoms with van der Waals surface area (Å²) in [5.41, 5.74) is 5.15. The molecule has 5 aromatic heterocycles. The topological polar surface area (TPSA) is 56.7 Å². The lowest BCUT2D eigenvalue weighted by Gasteiger charge is -2.23. The normalized spacial score (nSPS) is 12.5. The van der Waals surface area contributed by atoms with Crippen molar-refractivity contribution in [3.63, 3.8) is 0 Å². The van der Waals surface area contributed by atoms with Crippen LogP contribution in [0.3, 0.4) is 0 Å². The second-order valence-electron chi connectivity index (χ2n) is 11.1. The van der Waals surface area contributed by atoms with Crippen LogP contribution in [-0.2, 0) is 5.41 Å². The van der Waals surface area contributed by atoms with Gasteiger partial charge in [-0.3, -0.25) is 8.80 Å². The van der Waals surface area contributed by atoms with Gasteiger partial charge in [-0.15, -0.1) is 0 Å². The quantitative estimate of drug-likeness (QED) is 0.222. The number of hydrogen-bond donors (Lipinski definition) is 0. The minimum Gasteiger partial charge on any atom is -0.457 e. The van der Waals surface area contributed by atoms with Gasteiger partial charge in [0.1, 0.15) is 28.4 Å². The van der Waals surface area contributed by atoms with Crippen LogP contribution < -0.4 is 4.74 Å². The van der Waals surface area contributed by atoms with Crippen LogP contribution in [0.5, 0.6) is 11.5 Å². The predicted octanol–water partition coefficient (Wildman–Crippen LogP) is 8.08. The summed E-state index contributed by atoms with van der Waals surface area (Å²) in [6, 6.07) is 23.1. The maximum atomic E-state index is 6.48. The van der Waals surface area contributed by atoms with E-state index in [-0.39, 0.29) is 5.41 Å². The Hall–Kier alpha value is -4.97. The first-order valence-electron chi connectivity index (χ1n) is 13.1. The van der Waals surface area contributed by atoms with Crippen molar-refractivity contribution >= 4 is 54.8 Å². The van der Waals surface area contributed by atoms with E-state index in [1.165, 1.54) is 16.3 Å². The third kappa shape index (κ3) is 3.18. The van der Waals surface area contributed by atoms with Gasteiger partial charge in [-0.2, -0.15) is 0 Å². The molecule has 0 aliphatic heterocycles. The summed E-state index contributed by atoms with van der Waals surface area (Å²) in [5, 5.41) is 6.70. The molecule has 0 saturated carbocycles. The standard InChI is InChI=1S/C33H25N5O/c1-33(2,3)27-7-4-8-28-29(27)23-12-10-21(19-26(23)31-35-14-16-37(28)31)39-20-9-11-22-24-6-5-13-34-30(24)38-17-15-36-32(38)25(22)18-20/h4-19H,1-3H3. The lowest BCUT2D eigenvalue weighted by molar-refractivity contribution is 0.484. The van der Waals surface area contributed by atoms with Gasteiger partial charge in [0.15, 0.2) is 0 Å². The molecular formula is C33H25N5O. The Balaban J connectivity index is 1.32. The van der Waals surface area contributed by atoms with Gasteiger partial charge in [-0.1, -0.05) is 32.9 Å². The maximum Gasteiger partial charge on any atom is 0.146 e. The van der Waals surface area contributed by atoms with E-state index in [2.05, 4.69) is 89.7 Å². The van der Waals surface area contributed by atoms with Crippen LogP contribution in [0.15, 0.2) is 97.7 Å². The van der Waals surface area contributed by atoms with E-state index in [4.69, 9.17) is 9.72 Å². The van der Waals surface area contributed by atoms with E-state index in [9.17, 15) is 0 Å². The Morgan fingerprint density at radius 3 is 2.00 bits per heavy atom. The summed E-state index contributed by atoms with van der Waals surface area (Å²) in [6.07, 6.45) is 9.48. The lowest BCUT2D eigenvalue weighted by Crippen LogP contribution is -2.12. The zero-order valence-electron chi connectivity index (χ0n) is 21.9. The van der Waals surface area contributed by atoms with Crippen molar-refractivity contribution in [2.75, 3.05) is 0 Å². The van der Waals surface area contributed by atoms with Crippen molar-refractivity contribution in [2.45, 2.75) is 26.2 Å². The molecule has 6 nitrogen and oxygen atoms in total. The highest BCUT2D eigenvalue weighted by atomic mass is 16.5. The van der Waals surface area contributed by atoms with E-state index in [1.807, 2.05) is 47.5 Å². The molecule has 5 heterocycles. The van der Waals surface area contributed by atoms with Gasteiger partial charge < -0.3 is 4.74 Å². The first-order chi connectivity index (χ1) is 19.0. The van der Waals surface area contributed by atoms with Gasteiger partial charge in [-0.25, -0.2) is 15.0 Å². The molecule has 0 radical (unpaired) electrons. The number of pyridine rings is 3. The fourth-order valence-electron chi connectivity index (χ4n) is 5.95. The van der Waals surface area contributed by atoms with E-state index < -0.39 is 0 Å². The van der Waals surface area contributed by atoms with Crippen LogP contribution in [0.2, 0.25) is 0 Å². The Bertz CT molecular complexity index is 2250. The molecule has 0 bridgehead atoms. The highest BCUT2D eigenvalue weighted by Gasteiger charge is 2.21. The highest BCUT2D eigenvalue weighted by molar-refractivity contribution is 6.14. The monoisotopic (exact) mass is 507 g/mol. The van der Waals surface area contributed by atoms with Gasteiger partial charge in [0.25, 0.3) is 0 Å². The van der Waals surface area contributed by atoms with Crippen LogP contribution in [-0.4, -0.2) is 23.8 Å². The molecular weight excluding hydrogens is 482 g/mol. The van der Waals surface area contributed by atoms with E-state index >= 15 is 0 Å². The first kappa shape index (κ1) is 22.1. The second kappa shape index (κ2) is 7.77. The van der Waals surface area contributed by atoms with Crippen molar-refractivity contribution in [3.8, 4) is 11.5 Å². The molecule has 0 fully saturated rings. The number of imidazole rings is 2. The molecule has 188 valence electrons. The minimum absolute atomic E-state index is 0.00115. The summed E-state index contributed by atoms with van der Waals surface area (Å²) >= 11 is 0. The molecule has 39 heavy (non-hydrogen) atoms. The molecule has 0 unspecified atom stereocenters. The van der Waals surface area contributed by atoms with Gasteiger partial charge in [0.05, 0.1) is 5.52 Å². The molecule has 0 spiro atoms. The SMILES string of the molecule is CC(C)(C)c1cccc2c1c1ccc(Oc3ccc4c5cccnc5n5ccnc5c4c3)cc1c1nccn21. The molecule has 0 atom stereocenters. The van der Waals surface area contributed by atoms with Crippen molar-refractivity contribution in [1.82, 2.24) is 23.8 Å². The summed E-state index contributed by atoms with van der Waals surface area (Å²) in [4.78, 5) is 14.0. The Morgan fingerprint density at radius 1 is 0.590 bits per heavy atom. The Labute approximate surface area is 224 Å². The van der Waals surface area contributed by atoms with Crippen molar-refractivity contribution < 1.29 is 4.74 Å². The molecule has 0 saturated heterocycles. The van der Waals surface area contributed by atoms with E-state index in [0.29, 0.717) is 0 Å². The Kier molecular flexibility index (Phi) is 4.39. The third-order valence-corrected chi connectivity index (χ3v) is 7.67. The summed E-state index contributed by atoms with van der Waals surface area (Å²) in [7, 11) is 0. The van der Waals surface area contributed by atoms with Gasteiger partial charge in [0, 0.05) is 52.5 Å². The van der Waals surface area contributed by atoms with Crippen molar-refractivity contribution in [2.24, 2.45) is 0 Å². The molecule has 8 rings (SSSR count). The smallest absolute Gasteiger partial charge is 0.146 e. The zero-order chi connectivity index (χ0) is 26.3. The summed E-state index contributed by atoms with van der Waals surface area (Å²) < 4.78 is 10.7. The third-order valence-electron chi connectivity index (χ3n) is 7.67. The zero-order valence-corrected chi connectivity index (χ0v) is 21.9. The second-order valence-corrected chi connectivity index (χ2v) is 11.1. The number of hydrogen-bond acceptors (Lipinski definition) is 4. The highest BCUT2D eigenvalue weighted by Crippen LogP contribution is 2.39. The number of ether oxygens (including phenoxy) is 1. The average molecular weight is 508 g/mol. The van der Waals surface area contributed by atoms with Crippen LogP contribution in [0.1, 0.15) is 26.3 Å². The number of nitrogens with zero attached hydrogens (tertiary/aromatic N) is 5. The number of aromatic nitrogens is 5. The largest absolute Gasteiger partial charge is 0.457 e. The molecule has 0 aliphatic carbocycles. The molecule has 0 aliphatic rings. The number of rotatable bonds is 2. The lowest BCUT2D eigenvalue weighted by atomic mass is 9.83. The molecule has 3 aromatic carbocycles. The number of benzene rings is 3. The van der Waals surface area contributed by atoms with Gasteiger partial charge in [-0.05, 0) is 76.3 Å². The van der Waals surface area contributed by atoms with Gasteiger partial charge in [0.2, 0.25) is 0 Å². The summed E-state index contributed by atoms with van der Waals surface area (Å²) in [6.45, 7) is 6.79. The van der Waals surface area contributed by atoms with Crippen LogP contribution in [0.4, 0.5) is 0 Å². The fraction of sp³-hybridized carbons (Fsp3) is 0.121. The van der Waals surface area contributed by atoms with E-state index in [1.54, 1.807) is 0 Å². The van der Waals surface area contributed by atoms with Crippen molar-refractivity contribution in [3.05, 3.63) is 103 Å².